The second-order valence-corrected chi connectivity index (χ2v) is 4.82. The molecule has 2 nitrogen and oxygen atoms in total. The Morgan fingerprint density at radius 2 is 2.12 bits per heavy atom. The minimum Gasteiger partial charge on any atom is -0.396 e. The van der Waals surface area contributed by atoms with Gasteiger partial charge in [-0.25, -0.2) is 0 Å². The van der Waals surface area contributed by atoms with Gasteiger partial charge in [0.25, 0.3) is 0 Å². The Balaban J connectivity index is 2.38. The van der Waals surface area contributed by atoms with Crippen molar-refractivity contribution in [3.8, 4) is 0 Å². The predicted octanol–water partition coefficient (Wildman–Crippen LogP) is 2.63. The molecule has 1 saturated heterocycles. The second kappa shape index (κ2) is 4.74. The molecule has 1 aromatic carbocycles. The van der Waals surface area contributed by atoms with Crippen molar-refractivity contribution in [1.82, 2.24) is 0 Å². The fourth-order valence-corrected chi connectivity index (χ4v) is 2.82. The lowest BCUT2D eigenvalue weighted by atomic mass is 9.68. The van der Waals surface area contributed by atoms with Gasteiger partial charge in [0.05, 0.1) is 13.2 Å². The van der Waals surface area contributed by atoms with Gasteiger partial charge in [0.15, 0.2) is 0 Å². The van der Waals surface area contributed by atoms with Gasteiger partial charge in [0.1, 0.15) is 0 Å². The van der Waals surface area contributed by atoms with Crippen LogP contribution in [0, 0.1) is 5.92 Å². The highest BCUT2D eigenvalue weighted by molar-refractivity contribution is 6.31. The first-order valence-corrected chi connectivity index (χ1v) is 6.06. The molecule has 1 aliphatic heterocycles. The zero-order valence-corrected chi connectivity index (χ0v) is 10.2. The van der Waals surface area contributed by atoms with Crippen molar-refractivity contribution < 1.29 is 9.84 Å². The maximum absolute atomic E-state index is 9.48. The van der Waals surface area contributed by atoms with Crippen LogP contribution in [0.5, 0.6) is 0 Å². The molecule has 0 radical (unpaired) electrons. The molecule has 88 valence electrons. The first-order chi connectivity index (χ1) is 7.74. The molecule has 1 unspecified atom stereocenters. The normalized spacial score (nSPS) is 20.2. The van der Waals surface area contributed by atoms with Gasteiger partial charge in [-0.3, -0.25) is 0 Å². The van der Waals surface area contributed by atoms with E-state index < -0.39 is 0 Å². The quantitative estimate of drug-likeness (QED) is 0.877. The lowest BCUT2D eigenvalue weighted by Gasteiger charge is -2.47. The van der Waals surface area contributed by atoms with Crippen molar-refractivity contribution in [2.75, 3.05) is 19.8 Å². The van der Waals surface area contributed by atoms with E-state index in [2.05, 4.69) is 6.92 Å². The number of hydrogen-bond donors (Lipinski definition) is 1. The van der Waals surface area contributed by atoms with E-state index in [9.17, 15) is 5.11 Å². The van der Waals surface area contributed by atoms with Gasteiger partial charge in [-0.05, 0) is 17.5 Å². The van der Waals surface area contributed by atoms with Crippen LogP contribution in [0.15, 0.2) is 24.3 Å². The van der Waals surface area contributed by atoms with Crippen LogP contribution >= 0.6 is 11.6 Å². The number of hydrogen-bond acceptors (Lipinski definition) is 2. The van der Waals surface area contributed by atoms with Crippen molar-refractivity contribution in [3.63, 3.8) is 0 Å². The molecule has 1 aliphatic rings. The number of ether oxygens (including phenoxy) is 1. The lowest BCUT2D eigenvalue weighted by molar-refractivity contribution is -0.101. The van der Waals surface area contributed by atoms with Crippen LogP contribution in [0.2, 0.25) is 5.02 Å². The Hall–Kier alpha value is -0.570. The molecule has 0 saturated carbocycles. The van der Waals surface area contributed by atoms with E-state index in [1.165, 1.54) is 0 Å². The highest BCUT2D eigenvalue weighted by Crippen LogP contribution is 2.43. The molecule has 0 aliphatic carbocycles. The van der Waals surface area contributed by atoms with Crippen molar-refractivity contribution in [1.29, 1.82) is 0 Å². The Labute approximate surface area is 101 Å². The largest absolute Gasteiger partial charge is 0.396 e. The van der Waals surface area contributed by atoms with Gasteiger partial charge >= 0.3 is 0 Å². The number of aliphatic hydroxyl groups excluding tert-OH is 1. The number of aliphatic hydroxyl groups is 1. The summed E-state index contributed by atoms with van der Waals surface area (Å²) in [7, 11) is 0. The molecule has 0 amide bonds. The predicted molar refractivity (Wildman–Crippen MR) is 64.8 cm³/mol. The topological polar surface area (TPSA) is 29.5 Å². The zero-order chi connectivity index (χ0) is 11.6. The smallest absolute Gasteiger partial charge is 0.0589 e. The Morgan fingerprint density at radius 3 is 2.56 bits per heavy atom. The monoisotopic (exact) mass is 240 g/mol. The highest BCUT2D eigenvalue weighted by Gasteiger charge is 2.46. The molecule has 0 spiro atoms. The molecule has 1 atom stereocenters. The van der Waals surface area contributed by atoms with Gasteiger partial charge in [0, 0.05) is 17.0 Å². The van der Waals surface area contributed by atoms with Gasteiger partial charge in [-0.15, -0.1) is 0 Å². The van der Waals surface area contributed by atoms with Gasteiger partial charge < -0.3 is 9.84 Å². The third kappa shape index (κ3) is 1.75. The third-order valence-electron chi connectivity index (χ3n) is 3.62. The molecular weight excluding hydrogens is 224 g/mol. The molecule has 0 bridgehead atoms. The first kappa shape index (κ1) is 11.9. The van der Waals surface area contributed by atoms with Gasteiger partial charge in [0.2, 0.25) is 0 Å². The molecule has 2 rings (SSSR count). The van der Waals surface area contributed by atoms with Crippen molar-refractivity contribution >= 4 is 11.6 Å². The van der Waals surface area contributed by atoms with Crippen LogP contribution in [0.4, 0.5) is 0 Å². The summed E-state index contributed by atoms with van der Waals surface area (Å²) in [6, 6.07) is 7.87. The van der Waals surface area contributed by atoms with Crippen LogP contribution in [-0.2, 0) is 10.2 Å². The summed E-state index contributed by atoms with van der Waals surface area (Å²) in [5, 5.41) is 10.3. The van der Waals surface area contributed by atoms with Gasteiger partial charge in [-0.2, -0.15) is 0 Å². The summed E-state index contributed by atoms with van der Waals surface area (Å²) in [5.41, 5.74) is 1.03. The van der Waals surface area contributed by atoms with Crippen molar-refractivity contribution in [2.24, 2.45) is 5.92 Å². The van der Waals surface area contributed by atoms with E-state index in [1.807, 2.05) is 24.3 Å². The van der Waals surface area contributed by atoms with Crippen LogP contribution in [-0.4, -0.2) is 24.9 Å². The second-order valence-electron chi connectivity index (χ2n) is 4.42. The number of halogens is 1. The Morgan fingerprint density at radius 1 is 1.44 bits per heavy atom. The molecule has 16 heavy (non-hydrogen) atoms. The minimum atomic E-state index is -0.0815. The molecule has 1 fully saturated rings. The molecule has 1 heterocycles. The fraction of sp³-hybridized carbons (Fsp3) is 0.538. The SMILES string of the molecule is CCC(CO)C1(c2ccccc2Cl)COC1. The van der Waals surface area contributed by atoms with Crippen LogP contribution in [0.25, 0.3) is 0 Å². The Kier molecular flexibility index (Phi) is 3.53. The Bertz CT molecular complexity index is 357. The first-order valence-electron chi connectivity index (χ1n) is 5.68. The molecular formula is C13H17ClO2. The van der Waals surface area contributed by atoms with Gasteiger partial charge in [-0.1, -0.05) is 43.1 Å². The molecule has 1 aromatic rings. The standard InChI is InChI=1S/C13H17ClO2/c1-2-10(7-15)13(8-16-9-13)11-5-3-4-6-12(11)14/h3-6,10,15H,2,7-9H2,1H3. The molecule has 1 N–H and O–H groups in total. The summed E-state index contributed by atoms with van der Waals surface area (Å²) < 4.78 is 5.36. The molecule has 3 heteroatoms. The van der Waals surface area contributed by atoms with E-state index in [0.29, 0.717) is 13.2 Å². The summed E-state index contributed by atoms with van der Waals surface area (Å²) in [4.78, 5) is 0. The maximum Gasteiger partial charge on any atom is 0.0589 e. The third-order valence-corrected chi connectivity index (χ3v) is 3.95. The molecule has 0 aromatic heterocycles. The van der Waals surface area contributed by atoms with Crippen LogP contribution in [0.3, 0.4) is 0 Å². The fourth-order valence-electron chi connectivity index (χ4n) is 2.49. The number of rotatable bonds is 4. The number of benzene rings is 1. The van der Waals surface area contributed by atoms with E-state index in [1.54, 1.807) is 0 Å². The van der Waals surface area contributed by atoms with E-state index >= 15 is 0 Å². The average molecular weight is 241 g/mol. The van der Waals surface area contributed by atoms with E-state index in [-0.39, 0.29) is 17.9 Å². The van der Waals surface area contributed by atoms with E-state index in [0.717, 1.165) is 17.0 Å². The van der Waals surface area contributed by atoms with Crippen molar-refractivity contribution in [3.05, 3.63) is 34.9 Å². The van der Waals surface area contributed by atoms with Crippen LogP contribution in [0.1, 0.15) is 18.9 Å². The summed E-state index contributed by atoms with van der Waals surface area (Å²) in [5.74, 6) is 0.223. The lowest BCUT2D eigenvalue weighted by Crippen LogP contribution is -2.53. The zero-order valence-electron chi connectivity index (χ0n) is 9.45. The van der Waals surface area contributed by atoms with Crippen LogP contribution < -0.4 is 0 Å². The summed E-state index contributed by atoms with van der Waals surface area (Å²) in [6.07, 6.45) is 0.936. The highest BCUT2D eigenvalue weighted by atomic mass is 35.5. The van der Waals surface area contributed by atoms with Crippen molar-refractivity contribution in [2.45, 2.75) is 18.8 Å². The summed E-state index contributed by atoms with van der Waals surface area (Å²) in [6.45, 7) is 3.61. The van der Waals surface area contributed by atoms with E-state index in [4.69, 9.17) is 16.3 Å². The maximum atomic E-state index is 9.48. The average Bonchev–Trinajstić information content (AvgIpc) is 2.25. The summed E-state index contributed by atoms with van der Waals surface area (Å²) >= 11 is 6.24. The minimum absolute atomic E-state index is 0.0815.